The van der Waals surface area contributed by atoms with Crippen LogP contribution in [0.1, 0.15) is 13.3 Å². The predicted molar refractivity (Wildman–Crippen MR) is 113 cm³/mol. The summed E-state index contributed by atoms with van der Waals surface area (Å²) in [6.45, 7) is 1.85. The number of benzene rings is 2. The van der Waals surface area contributed by atoms with Gasteiger partial charge in [-0.15, -0.1) is 0 Å². The van der Waals surface area contributed by atoms with Crippen LogP contribution >= 0.6 is 0 Å². The Balaban J connectivity index is 1.72. The van der Waals surface area contributed by atoms with Crippen molar-refractivity contribution >= 4 is 20.9 Å². The quantitative estimate of drug-likeness (QED) is 0.571. The van der Waals surface area contributed by atoms with Crippen molar-refractivity contribution in [1.29, 1.82) is 0 Å². The molecule has 1 saturated heterocycles. The van der Waals surface area contributed by atoms with Gasteiger partial charge in [0.2, 0.25) is 0 Å². The number of aliphatic hydroxyl groups is 2. The van der Waals surface area contributed by atoms with Crippen molar-refractivity contribution in [3.05, 3.63) is 60.8 Å². The molecule has 2 N–H and O–H groups in total. The monoisotopic (exact) mass is 447 g/mol. The maximum absolute atomic E-state index is 13.2. The summed E-state index contributed by atoms with van der Waals surface area (Å²) in [4.78, 5) is 0.158. The van der Waals surface area contributed by atoms with Crippen molar-refractivity contribution in [1.82, 2.24) is 3.97 Å². The van der Waals surface area contributed by atoms with Crippen LogP contribution in [0.15, 0.2) is 65.7 Å². The Hall–Kier alpha value is -2.43. The van der Waals surface area contributed by atoms with E-state index in [9.17, 15) is 18.6 Å². The number of nitrogens with zero attached hydrogens (tertiary/aromatic N) is 1. The van der Waals surface area contributed by atoms with Crippen molar-refractivity contribution in [3.8, 4) is 5.75 Å². The summed E-state index contributed by atoms with van der Waals surface area (Å²) in [5, 5.41) is 20.8. The molecule has 0 spiro atoms. The van der Waals surface area contributed by atoms with Crippen LogP contribution in [0.2, 0.25) is 0 Å². The highest BCUT2D eigenvalue weighted by atomic mass is 32.2. The minimum Gasteiger partial charge on any atom is -0.485 e. The van der Waals surface area contributed by atoms with Crippen LogP contribution in [-0.4, -0.2) is 60.4 Å². The van der Waals surface area contributed by atoms with Gasteiger partial charge >= 0.3 is 0 Å². The van der Waals surface area contributed by atoms with Gasteiger partial charge in [-0.05, 0) is 31.2 Å². The zero-order valence-corrected chi connectivity index (χ0v) is 17.8. The van der Waals surface area contributed by atoms with Crippen LogP contribution < -0.4 is 4.74 Å². The normalized spacial score (nSPS) is 24.4. The lowest BCUT2D eigenvalue weighted by atomic mass is 10.0. The van der Waals surface area contributed by atoms with Gasteiger partial charge in [-0.3, -0.25) is 0 Å². The first-order valence-corrected chi connectivity index (χ1v) is 11.5. The molecule has 1 aliphatic heterocycles. The SMILES string of the molecule is CCO[C@H]1O[C@H](CO)C[C@H](Oc2cn(S(=O)(=O)c3ccccc3)c3ccccc23)[C@H]1O. The van der Waals surface area contributed by atoms with Crippen LogP contribution in [0.4, 0.5) is 0 Å². The molecule has 31 heavy (non-hydrogen) atoms. The Morgan fingerprint density at radius 3 is 2.55 bits per heavy atom. The van der Waals surface area contributed by atoms with Gasteiger partial charge in [0.1, 0.15) is 18.0 Å². The molecule has 2 aromatic carbocycles. The van der Waals surface area contributed by atoms with Crippen LogP contribution in [0.25, 0.3) is 10.9 Å². The van der Waals surface area contributed by atoms with Crippen molar-refractivity contribution in [2.24, 2.45) is 0 Å². The van der Waals surface area contributed by atoms with E-state index in [-0.39, 0.29) is 17.9 Å². The Morgan fingerprint density at radius 2 is 1.84 bits per heavy atom. The molecule has 0 saturated carbocycles. The zero-order chi connectivity index (χ0) is 22.0. The van der Waals surface area contributed by atoms with Gasteiger partial charge in [-0.1, -0.05) is 30.3 Å². The maximum atomic E-state index is 13.2. The van der Waals surface area contributed by atoms with Crippen LogP contribution in [0.5, 0.6) is 5.75 Å². The van der Waals surface area contributed by atoms with Gasteiger partial charge < -0.3 is 24.4 Å². The smallest absolute Gasteiger partial charge is 0.268 e. The molecule has 0 aliphatic carbocycles. The van der Waals surface area contributed by atoms with E-state index in [4.69, 9.17) is 14.2 Å². The van der Waals surface area contributed by atoms with Crippen molar-refractivity contribution < 1.29 is 32.8 Å². The molecular formula is C22H25NO7S. The lowest BCUT2D eigenvalue weighted by molar-refractivity contribution is -0.265. The number of rotatable bonds is 7. The molecule has 1 aromatic heterocycles. The van der Waals surface area contributed by atoms with E-state index in [2.05, 4.69) is 0 Å². The molecule has 3 aromatic rings. The molecule has 2 heterocycles. The van der Waals surface area contributed by atoms with Crippen LogP contribution in [0.3, 0.4) is 0 Å². The predicted octanol–water partition coefficient (Wildman–Crippen LogP) is 2.13. The first-order chi connectivity index (χ1) is 15.0. The number of para-hydroxylation sites is 1. The second-order valence-corrected chi connectivity index (χ2v) is 9.09. The zero-order valence-electron chi connectivity index (χ0n) is 17.0. The molecule has 1 fully saturated rings. The van der Waals surface area contributed by atoms with Gasteiger partial charge in [0.05, 0.1) is 29.3 Å². The van der Waals surface area contributed by atoms with Crippen molar-refractivity contribution in [2.75, 3.05) is 13.2 Å². The Bertz CT molecular complexity index is 1130. The molecule has 4 atom stereocenters. The van der Waals surface area contributed by atoms with Crippen molar-refractivity contribution in [2.45, 2.75) is 42.8 Å². The molecule has 0 radical (unpaired) electrons. The third kappa shape index (κ3) is 4.19. The highest BCUT2D eigenvalue weighted by Crippen LogP contribution is 2.34. The maximum Gasteiger partial charge on any atom is 0.268 e. The second-order valence-electron chi connectivity index (χ2n) is 7.27. The summed E-state index contributed by atoms with van der Waals surface area (Å²) in [5.74, 6) is 0.313. The van der Waals surface area contributed by atoms with Gasteiger partial charge in [0, 0.05) is 18.4 Å². The standard InChI is InChI=1S/C22H25NO7S/c1-2-28-22-21(25)19(12-15(14-24)29-22)30-20-13-23(18-11-7-6-10-17(18)20)31(26,27)16-8-4-3-5-9-16/h3-11,13,15,19,21-22,24-25H,2,12,14H2,1H3/t15-,19-,21+,22-/m0/s1. The minimum absolute atomic E-state index is 0.158. The van der Waals surface area contributed by atoms with Gasteiger partial charge in [0.15, 0.2) is 6.29 Å². The summed E-state index contributed by atoms with van der Waals surface area (Å²) in [7, 11) is -3.85. The number of hydrogen-bond acceptors (Lipinski definition) is 7. The first kappa shape index (κ1) is 21.8. The molecule has 1 aliphatic rings. The largest absolute Gasteiger partial charge is 0.485 e. The third-order valence-corrected chi connectivity index (χ3v) is 6.92. The molecule has 9 heteroatoms. The fourth-order valence-electron chi connectivity index (χ4n) is 3.72. The number of fused-ring (bicyclic) bond motifs is 1. The van der Waals surface area contributed by atoms with Gasteiger partial charge in [-0.25, -0.2) is 12.4 Å². The van der Waals surface area contributed by atoms with E-state index in [0.29, 0.717) is 23.3 Å². The first-order valence-electron chi connectivity index (χ1n) is 10.1. The fraction of sp³-hybridized carbons (Fsp3) is 0.364. The lowest BCUT2D eigenvalue weighted by Gasteiger charge is -2.38. The van der Waals surface area contributed by atoms with Gasteiger partial charge in [0.25, 0.3) is 10.0 Å². The Morgan fingerprint density at radius 1 is 1.13 bits per heavy atom. The highest BCUT2D eigenvalue weighted by molar-refractivity contribution is 7.90. The fourth-order valence-corrected chi connectivity index (χ4v) is 5.10. The van der Waals surface area contributed by atoms with E-state index < -0.39 is 34.6 Å². The second kappa shape index (κ2) is 8.97. The summed E-state index contributed by atoms with van der Waals surface area (Å²) in [6, 6.07) is 15.1. The Labute approximate surface area is 180 Å². The summed E-state index contributed by atoms with van der Waals surface area (Å²) < 4.78 is 44.7. The lowest BCUT2D eigenvalue weighted by Crippen LogP contribution is -2.52. The number of hydrogen-bond donors (Lipinski definition) is 2. The summed E-state index contributed by atoms with van der Waals surface area (Å²) >= 11 is 0. The van der Waals surface area contributed by atoms with E-state index in [1.165, 1.54) is 22.3 Å². The molecule has 0 amide bonds. The minimum atomic E-state index is -3.85. The number of ether oxygens (including phenoxy) is 3. The van der Waals surface area contributed by atoms with E-state index in [0.717, 1.165) is 0 Å². The van der Waals surface area contributed by atoms with E-state index >= 15 is 0 Å². The summed E-state index contributed by atoms with van der Waals surface area (Å²) in [6.07, 6.45) is -1.71. The van der Waals surface area contributed by atoms with Gasteiger partial charge in [-0.2, -0.15) is 0 Å². The van der Waals surface area contributed by atoms with E-state index in [1.54, 1.807) is 49.4 Å². The molecule has 0 bridgehead atoms. The third-order valence-electron chi connectivity index (χ3n) is 5.24. The van der Waals surface area contributed by atoms with Crippen molar-refractivity contribution in [3.63, 3.8) is 0 Å². The van der Waals surface area contributed by atoms with E-state index in [1.807, 2.05) is 0 Å². The number of aromatic nitrogens is 1. The molecule has 4 rings (SSSR count). The highest BCUT2D eigenvalue weighted by Gasteiger charge is 2.40. The average Bonchev–Trinajstić information content (AvgIpc) is 3.16. The topological polar surface area (TPSA) is 107 Å². The van der Waals surface area contributed by atoms with Crippen LogP contribution in [0, 0.1) is 0 Å². The van der Waals surface area contributed by atoms with Crippen LogP contribution in [-0.2, 0) is 19.5 Å². The molecule has 0 unspecified atom stereocenters. The Kier molecular flexibility index (Phi) is 6.31. The average molecular weight is 448 g/mol. The molecular weight excluding hydrogens is 422 g/mol. The molecule has 166 valence electrons. The summed E-state index contributed by atoms with van der Waals surface area (Å²) in [5.41, 5.74) is 0.461. The number of aliphatic hydroxyl groups excluding tert-OH is 2. The molecule has 8 nitrogen and oxygen atoms in total.